The highest BCUT2D eigenvalue weighted by molar-refractivity contribution is 5.94. The van der Waals surface area contributed by atoms with Gasteiger partial charge in [0.1, 0.15) is 0 Å². The Bertz CT molecular complexity index is 771. The fraction of sp³-hybridized carbons (Fsp3) is 0.524. The van der Waals surface area contributed by atoms with Crippen LogP contribution in [0, 0.1) is 5.92 Å². The highest BCUT2D eigenvalue weighted by Crippen LogP contribution is 2.35. The van der Waals surface area contributed by atoms with Crippen LogP contribution in [0.15, 0.2) is 36.7 Å². The molecule has 1 aromatic carbocycles. The van der Waals surface area contributed by atoms with E-state index in [-0.39, 0.29) is 5.91 Å². The summed E-state index contributed by atoms with van der Waals surface area (Å²) in [5, 5.41) is 7.07. The molecule has 27 heavy (non-hydrogen) atoms. The number of nitrogens with one attached hydrogen (secondary N) is 1. The highest BCUT2D eigenvalue weighted by atomic mass is 16.1. The van der Waals surface area contributed by atoms with E-state index in [0.29, 0.717) is 17.5 Å². The largest absolute Gasteiger partial charge is 0.355 e. The van der Waals surface area contributed by atoms with Crippen LogP contribution in [0.3, 0.4) is 0 Å². The van der Waals surface area contributed by atoms with Gasteiger partial charge in [0.05, 0.1) is 6.20 Å². The van der Waals surface area contributed by atoms with E-state index in [0.717, 1.165) is 19.6 Å². The third-order valence-corrected chi connectivity index (χ3v) is 5.49. The molecule has 0 unspecified atom stereocenters. The summed E-state index contributed by atoms with van der Waals surface area (Å²) in [6.45, 7) is 2.99. The lowest BCUT2D eigenvalue weighted by Gasteiger charge is -2.40. The minimum absolute atomic E-state index is 0.0370. The molecule has 146 valence electrons. The molecule has 2 heterocycles. The average Bonchev–Trinajstić information content (AvgIpc) is 3.07. The maximum Gasteiger partial charge on any atom is 0.251 e. The quantitative estimate of drug-likeness (QED) is 0.849. The summed E-state index contributed by atoms with van der Waals surface area (Å²) < 4.78 is 1.89. The van der Waals surface area contributed by atoms with E-state index < -0.39 is 0 Å². The SMILES string of the molecule is CNC(=O)c1cccc(CN(C)C[C@@H]2CCCN(C)[C@H]2c2cnn(C)c2)c1. The lowest BCUT2D eigenvalue weighted by Crippen LogP contribution is -2.40. The number of hydrogen-bond donors (Lipinski definition) is 1. The van der Waals surface area contributed by atoms with E-state index in [4.69, 9.17) is 0 Å². The predicted octanol–water partition coefficient (Wildman–Crippen LogP) is 2.29. The fourth-order valence-electron chi connectivity index (χ4n) is 4.30. The van der Waals surface area contributed by atoms with Gasteiger partial charge in [-0.05, 0) is 57.1 Å². The van der Waals surface area contributed by atoms with E-state index in [9.17, 15) is 4.79 Å². The molecule has 1 amide bonds. The number of nitrogens with zero attached hydrogens (tertiary/aromatic N) is 4. The van der Waals surface area contributed by atoms with E-state index in [1.165, 1.54) is 24.0 Å². The second-order valence-electron chi connectivity index (χ2n) is 7.75. The van der Waals surface area contributed by atoms with Crippen LogP contribution in [0.2, 0.25) is 0 Å². The molecule has 1 N–H and O–H groups in total. The summed E-state index contributed by atoms with van der Waals surface area (Å²) in [6, 6.07) is 8.31. The number of carbonyl (C=O) groups excluding carboxylic acids is 1. The third-order valence-electron chi connectivity index (χ3n) is 5.49. The highest BCUT2D eigenvalue weighted by Gasteiger charge is 2.32. The molecule has 0 bridgehead atoms. The second kappa shape index (κ2) is 8.67. The molecule has 0 spiro atoms. The minimum atomic E-state index is -0.0370. The Morgan fingerprint density at radius 2 is 2.19 bits per heavy atom. The van der Waals surface area contributed by atoms with Gasteiger partial charge in [-0.2, -0.15) is 5.10 Å². The van der Waals surface area contributed by atoms with Crippen LogP contribution >= 0.6 is 0 Å². The van der Waals surface area contributed by atoms with Crippen molar-refractivity contribution in [2.45, 2.75) is 25.4 Å². The van der Waals surface area contributed by atoms with E-state index in [2.05, 4.69) is 46.6 Å². The third kappa shape index (κ3) is 4.76. The van der Waals surface area contributed by atoms with Crippen LogP contribution in [-0.4, -0.2) is 59.7 Å². The Labute approximate surface area is 162 Å². The van der Waals surface area contributed by atoms with Gasteiger partial charge in [0.2, 0.25) is 0 Å². The van der Waals surface area contributed by atoms with Gasteiger partial charge in [-0.3, -0.25) is 14.4 Å². The summed E-state index contributed by atoms with van der Waals surface area (Å²) >= 11 is 0. The molecule has 1 saturated heterocycles. The molecule has 0 radical (unpaired) electrons. The van der Waals surface area contributed by atoms with Gasteiger partial charge in [-0.15, -0.1) is 0 Å². The zero-order valence-electron chi connectivity index (χ0n) is 16.9. The maximum absolute atomic E-state index is 11.9. The molecule has 6 heteroatoms. The molecule has 0 aliphatic carbocycles. The van der Waals surface area contributed by atoms with E-state index >= 15 is 0 Å². The Hall–Kier alpha value is -2.18. The van der Waals surface area contributed by atoms with Gasteiger partial charge >= 0.3 is 0 Å². The van der Waals surface area contributed by atoms with Crippen molar-refractivity contribution in [3.05, 3.63) is 53.3 Å². The summed E-state index contributed by atoms with van der Waals surface area (Å²) in [5.74, 6) is 0.533. The van der Waals surface area contributed by atoms with Crippen molar-refractivity contribution in [1.29, 1.82) is 0 Å². The van der Waals surface area contributed by atoms with Crippen molar-refractivity contribution in [3.63, 3.8) is 0 Å². The van der Waals surface area contributed by atoms with Gasteiger partial charge in [0.25, 0.3) is 5.91 Å². The van der Waals surface area contributed by atoms with Gasteiger partial charge in [-0.25, -0.2) is 0 Å². The van der Waals surface area contributed by atoms with Crippen molar-refractivity contribution in [2.75, 3.05) is 34.2 Å². The number of aryl methyl sites for hydroxylation is 1. The molecule has 1 aliphatic heterocycles. The molecule has 1 aromatic heterocycles. The molecule has 2 atom stereocenters. The molecule has 6 nitrogen and oxygen atoms in total. The van der Waals surface area contributed by atoms with Crippen molar-refractivity contribution in [1.82, 2.24) is 24.9 Å². The Morgan fingerprint density at radius 1 is 1.37 bits per heavy atom. The number of carbonyl (C=O) groups is 1. The van der Waals surface area contributed by atoms with Gasteiger partial charge in [0, 0.05) is 50.6 Å². The van der Waals surface area contributed by atoms with Crippen LogP contribution < -0.4 is 5.32 Å². The smallest absolute Gasteiger partial charge is 0.251 e. The minimum Gasteiger partial charge on any atom is -0.355 e. The van der Waals surface area contributed by atoms with Crippen LogP contribution in [0.4, 0.5) is 0 Å². The average molecular weight is 370 g/mol. The molecule has 0 saturated carbocycles. The second-order valence-corrected chi connectivity index (χ2v) is 7.75. The number of amides is 1. The van der Waals surface area contributed by atoms with Crippen molar-refractivity contribution in [3.8, 4) is 0 Å². The first-order valence-corrected chi connectivity index (χ1v) is 9.66. The maximum atomic E-state index is 11.9. The Balaban J connectivity index is 1.68. The van der Waals surface area contributed by atoms with Crippen LogP contribution in [-0.2, 0) is 13.6 Å². The topological polar surface area (TPSA) is 53.4 Å². The first-order chi connectivity index (χ1) is 13.0. The lowest BCUT2D eigenvalue weighted by atomic mass is 9.85. The van der Waals surface area contributed by atoms with Crippen molar-refractivity contribution < 1.29 is 4.79 Å². The number of piperidine rings is 1. The van der Waals surface area contributed by atoms with E-state index in [1.807, 2.05) is 36.1 Å². The first-order valence-electron chi connectivity index (χ1n) is 9.66. The summed E-state index contributed by atoms with van der Waals surface area (Å²) in [7, 11) is 8.03. The van der Waals surface area contributed by atoms with Crippen molar-refractivity contribution in [2.24, 2.45) is 13.0 Å². The number of benzene rings is 1. The molecule has 1 fully saturated rings. The Kier molecular flexibility index (Phi) is 6.29. The van der Waals surface area contributed by atoms with Crippen LogP contribution in [0.25, 0.3) is 0 Å². The summed E-state index contributed by atoms with van der Waals surface area (Å²) in [6.07, 6.45) is 6.61. The standard InChI is InChI=1S/C21H31N5O/c1-22-21(27)17-8-5-7-16(11-17)13-24(2)14-18-9-6-10-25(3)20(18)19-12-23-26(4)15-19/h5,7-8,11-12,15,18,20H,6,9-10,13-14H2,1-4H3,(H,22,27)/t18-,20+/m0/s1. The van der Waals surface area contributed by atoms with Gasteiger partial charge < -0.3 is 10.2 Å². The Morgan fingerprint density at radius 3 is 2.89 bits per heavy atom. The normalized spacial score (nSPS) is 20.8. The molecule has 2 aromatic rings. The zero-order valence-corrected chi connectivity index (χ0v) is 16.9. The lowest BCUT2D eigenvalue weighted by molar-refractivity contribution is 0.0924. The predicted molar refractivity (Wildman–Crippen MR) is 107 cm³/mol. The number of rotatable bonds is 6. The van der Waals surface area contributed by atoms with Crippen LogP contribution in [0.1, 0.15) is 40.4 Å². The molecular formula is C21H31N5O. The van der Waals surface area contributed by atoms with Crippen molar-refractivity contribution >= 4 is 5.91 Å². The summed E-state index contributed by atoms with van der Waals surface area (Å²) in [5.41, 5.74) is 3.19. The van der Waals surface area contributed by atoms with E-state index in [1.54, 1.807) is 7.05 Å². The van der Waals surface area contributed by atoms with Gasteiger partial charge in [0.15, 0.2) is 0 Å². The zero-order chi connectivity index (χ0) is 19.4. The molecule has 3 rings (SSSR count). The molecular weight excluding hydrogens is 338 g/mol. The number of aromatic nitrogens is 2. The summed E-state index contributed by atoms with van der Waals surface area (Å²) in [4.78, 5) is 16.7. The van der Waals surface area contributed by atoms with Gasteiger partial charge in [-0.1, -0.05) is 12.1 Å². The molecule has 1 aliphatic rings. The fourth-order valence-corrected chi connectivity index (χ4v) is 4.30. The number of likely N-dealkylation sites (tertiary alicyclic amines) is 1. The van der Waals surface area contributed by atoms with Crippen LogP contribution in [0.5, 0.6) is 0 Å². The first kappa shape index (κ1) is 19.6. The number of hydrogen-bond acceptors (Lipinski definition) is 4. The monoisotopic (exact) mass is 369 g/mol.